The second-order valence-electron chi connectivity index (χ2n) is 6.95. The van der Waals surface area contributed by atoms with Gasteiger partial charge in [0.1, 0.15) is 11.1 Å². The molecule has 0 bridgehead atoms. The van der Waals surface area contributed by atoms with Crippen molar-refractivity contribution in [2.75, 3.05) is 11.9 Å². The Morgan fingerprint density at radius 1 is 1.26 bits per heavy atom. The highest BCUT2D eigenvalue weighted by atomic mass is 32.1. The van der Waals surface area contributed by atoms with E-state index in [1.807, 2.05) is 12.1 Å². The molecular weight excluding hydrogens is 362 g/mol. The highest BCUT2D eigenvalue weighted by Gasteiger charge is 2.29. The van der Waals surface area contributed by atoms with E-state index in [4.69, 9.17) is 4.74 Å². The normalized spacial score (nSPS) is 18.7. The van der Waals surface area contributed by atoms with Crippen LogP contribution in [0.2, 0.25) is 0 Å². The zero-order valence-electron chi connectivity index (χ0n) is 15.1. The van der Waals surface area contributed by atoms with Gasteiger partial charge in [-0.2, -0.15) is 0 Å². The Bertz CT molecular complexity index is 828. The van der Waals surface area contributed by atoms with Gasteiger partial charge in [-0.1, -0.05) is 6.07 Å². The average Bonchev–Trinajstić information content (AvgIpc) is 3.34. The summed E-state index contributed by atoms with van der Waals surface area (Å²) in [4.78, 5) is 30.8. The summed E-state index contributed by atoms with van der Waals surface area (Å²) in [6, 6.07) is 3.78. The minimum atomic E-state index is -0.407. The molecule has 2 amide bonds. The van der Waals surface area contributed by atoms with Crippen molar-refractivity contribution in [3.8, 4) is 0 Å². The molecule has 7 heteroatoms. The van der Waals surface area contributed by atoms with E-state index in [-0.39, 0.29) is 11.8 Å². The molecule has 1 unspecified atom stereocenters. The van der Waals surface area contributed by atoms with Crippen molar-refractivity contribution in [2.24, 2.45) is 0 Å². The first-order valence-corrected chi connectivity index (χ1v) is 10.3. The molecule has 6 nitrogen and oxygen atoms in total. The number of rotatable bonds is 5. The van der Waals surface area contributed by atoms with Crippen LogP contribution in [-0.4, -0.2) is 29.5 Å². The number of nitrogens with zero attached hydrogens (tertiary/aromatic N) is 1. The maximum absolute atomic E-state index is 13.0. The second-order valence-corrected chi connectivity index (χ2v) is 8.06. The predicted octanol–water partition coefficient (Wildman–Crippen LogP) is 3.07. The number of aromatic nitrogens is 1. The summed E-state index contributed by atoms with van der Waals surface area (Å²) in [6.07, 6.45) is 8.74. The van der Waals surface area contributed by atoms with Gasteiger partial charge in [0.05, 0.1) is 5.56 Å². The van der Waals surface area contributed by atoms with Gasteiger partial charge in [0.25, 0.3) is 11.8 Å². The fourth-order valence-electron chi connectivity index (χ4n) is 3.64. The van der Waals surface area contributed by atoms with Gasteiger partial charge in [0.2, 0.25) is 0 Å². The molecule has 4 rings (SSSR count). The molecule has 2 aromatic heterocycles. The Kier molecular flexibility index (Phi) is 5.50. The number of ether oxygens (including phenoxy) is 1. The van der Waals surface area contributed by atoms with Crippen molar-refractivity contribution >= 4 is 28.2 Å². The van der Waals surface area contributed by atoms with Crippen LogP contribution in [0.3, 0.4) is 0 Å². The first-order chi connectivity index (χ1) is 13.2. The Balaban J connectivity index is 1.54. The Morgan fingerprint density at radius 2 is 2.15 bits per heavy atom. The summed E-state index contributed by atoms with van der Waals surface area (Å²) < 4.78 is 5.48. The van der Waals surface area contributed by atoms with Gasteiger partial charge in [-0.25, -0.2) is 0 Å². The molecule has 27 heavy (non-hydrogen) atoms. The molecule has 142 valence electrons. The van der Waals surface area contributed by atoms with Crippen LogP contribution >= 0.6 is 11.3 Å². The third kappa shape index (κ3) is 4.04. The molecule has 1 aliphatic carbocycles. The third-order valence-electron chi connectivity index (χ3n) is 5.03. The number of fused-ring (bicyclic) bond motifs is 1. The van der Waals surface area contributed by atoms with E-state index < -0.39 is 6.10 Å². The highest BCUT2D eigenvalue weighted by Crippen LogP contribution is 2.38. The number of thiophene rings is 1. The van der Waals surface area contributed by atoms with Crippen LogP contribution < -0.4 is 10.6 Å². The number of hydrogen-bond donors (Lipinski definition) is 2. The molecular formula is C20H23N3O3S. The first-order valence-electron chi connectivity index (χ1n) is 9.46. The Hall–Kier alpha value is -2.25. The Labute approximate surface area is 162 Å². The maximum Gasteiger partial charge on any atom is 0.254 e. The Morgan fingerprint density at radius 3 is 2.93 bits per heavy atom. The molecule has 3 heterocycles. The van der Waals surface area contributed by atoms with Gasteiger partial charge < -0.3 is 15.4 Å². The van der Waals surface area contributed by atoms with Gasteiger partial charge in [-0.15, -0.1) is 11.3 Å². The lowest BCUT2D eigenvalue weighted by molar-refractivity contribution is -0.124. The smallest absolute Gasteiger partial charge is 0.254 e. The van der Waals surface area contributed by atoms with Gasteiger partial charge in [0, 0.05) is 30.4 Å². The molecule has 2 N–H and O–H groups in total. The largest absolute Gasteiger partial charge is 0.368 e. The number of carbonyl (C=O) groups excluding carboxylic acids is 2. The van der Waals surface area contributed by atoms with Crippen molar-refractivity contribution in [1.82, 2.24) is 10.3 Å². The predicted molar refractivity (Wildman–Crippen MR) is 104 cm³/mol. The van der Waals surface area contributed by atoms with Gasteiger partial charge in [-0.3, -0.25) is 14.6 Å². The average molecular weight is 385 g/mol. The van der Waals surface area contributed by atoms with Crippen LogP contribution in [-0.2, 0) is 28.9 Å². The van der Waals surface area contributed by atoms with E-state index in [2.05, 4.69) is 15.6 Å². The summed E-state index contributed by atoms with van der Waals surface area (Å²) >= 11 is 1.54. The zero-order valence-corrected chi connectivity index (χ0v) is 15.9. The second kappa shape index (κ2) is 8.19. The summed E-state index contributed by atoms with van der Waals surface area (Å²) in [7, 11) is 0. The number of carbonyl (C=O) groups is 2. The van der Waals surface area contributed by atoms with E-state index in [0.717, 1.165) is 49.7 Å². The quantitative estimate of drug-likeness (QED) is 0.829. The fraction of sp³-hybridized carbons (Fsp3) is 0.450. The molecule has 0 aromatic carbocycles. The molecule has 0 spiro atoms. The number of nitrogens with one attached hydrogen (secondary N) is 2. The van der Waals surface area contributed by atoms with Crippen molar-refractivity contribution in [3.05, 3.63) is 46.1 Å². The minimum Gasteiger partial charge on any atom is -0.368 e. The lowest BCUT2D eigenvalue weighted by Crippen LogP contribution is -2.29. The maximum atomic E-state index is 13.0. The molecule has 0 radical (unpaired) electrons. The van der Waals surface area contributed by atoms with Crippen LogP contribution in [0, 0.1) is 0 Å². The molecule has 0 saturated carbocycles. The van der Waals surface area contributed by atoms with E-state index in [1.165, 1.54) is 16.2 Å². The standard InChI is InChI=1S/C20H23N3O3S/c24-18(15-7-4-10-26-15)23-20-17(14-6-1-2-8-16(14)27-20)19(25)22-12-13-5-3-9-21-11-13/h3,5,9,11,15H,1-2,4,6-8,10,12H2,(H,22,25)(H,23,24). The third-order valence-corrected chi connectivity index (χ3v) is 6.24. The van der Waals surface area contributed by atoms with E-state index in [9.17, 15) is 9.59 Å². The minimum absolute atomic E-state index is 0.138. The summed E-state index contributed by atoms with van der Waals surface area (Å²) in [5.74, 6) is -0.284. The molecule has 1 saturated heterocycles. The monoisotopic (exact) mass is 385 g/mol. The molecule has 1 aliphatic heterocycles. The van der Waals surface area contributed by atoms with Crippen molar-refractivity contribution < 1.29 is 14.3 Å². The fourth-order valence-corrected chi connectivity index (χ4v) is 4.93. The number of amides is 2. The van der Waals surface area contributed by atoms with E-state index >= 15 is 0 Å². The van der Waals surface area contributed by atoms with Gasteiger partial charge >= 0.3 is 0 Å². The molecule has 1 fully saturated rings. The van der Waals surface area contributed by atoms with Crippen LogP contribution in [0.5, 0.6) is 0 Å². The summed E-state index contributed by atoms with van der Waals surface area (Å²) in [5.41, 5.74) is 2.67. The zero-order chi connectivity index (χ0) is 18.6. The van der Waals surface area contributed by atoms with Crippen LogP contribution in [0.25, 0.3) is 0 Å². The van der Waals surface area contributed by atoms with Crippen LogP contribution in [0.15, 0.2) is 24.5 Å². The number of hydrogen-bond acceptors (Lipinski definition) is 5. The van der Waals surface area contributed by atoms with E-state index in [1.54, 1.807) is 12.4 Å². The topological polar surface area (TPSA) is 80.3 Å². The van der Waals surface area contributed by atoms with Gasteiger partial charge in [-0.05, 0) is 55.7 Å². The van der Waals surface area contributed by atoms with Crippen molar-refractivity contribution in [1.29, 1.82) is 0 Å². The molecule has 2 aromatic rings. The SMILES string of the molecule is O=C(NCc1cccnc1)c1c(NC(=O)C2CCCO2)sc2c1CCCC2. The summed E-state index contributed by atoms with van der Waals surface area (Å²) in [6.45, 7) is 1.04. The highest BCUT2D eigenvalue weighted by molar-refractivity contribution is 7.17. The number of pyridine rings is 1. The number of anilines is 1. The van der Waals surface area contributed by atoms with Gasteiger partial charge in [0.15, 0.2) is 0 Å². The first kappa shape index (κ1) is 18.1. The van der Waals surface area contributed by atoms with Crippen LogP contribution in [0.1, 0.15) is 52.0 Å². The van der Waals surface area contributed by atoms with Crippen LogP contribution in [0.4, 0.5) is 5.00 Å². The molecule has 2 aliphatic rings. The van der Waals surface area contributed by atoms with Crippen molar-refractivity contribution in [2.45, 2.75) is 51.2 Å². The lowest BCUT2D eigenvalue weighted by Gasteiger charge is -2.14. The summed E-state index contributed by atoms with van der Waals surface area (Å²) in [5, 5.41) is 6.61. The molecule has 1 atom stereocenters. The van der Waals surface area contributed by atoms with Crippen molar-refractivity contribution in [3.63, 3.8) is 0 Å². The lowest BCUT2D eigenvalue weighted by atomic mass is 9.95. The number of aryl methyl sites for hydroxylation is 1. The van der Waals surface area contributed by atoms with E-state index in [0.29, 0.717) is 23.7 Å².